The molecule has 0 spiro atoms. The molecule has 0 radical (unpaired) electrons. The number of hydrogen-bond acceptors (Lipinski definition) is 5. The zero-order valence-electron chi connectivity index (χ0n) is 15.2. The Morgan fingerprint density at radius 3 is 2.65 bits per heavy atom. The first-order valence-electron chi connectivity index (χ1n) is 9.54. The summed E-state index contributed by atoms with van der Waals surface area (Å²) < 4.78 is 0. The van der Waals surface area contributed by atoms with Crippen molar-refractivity contribution in [3.8, 4) is 23.1 Å². The third kappa shape index (κ3) is 3.01. The van der Waals surface area contributed by atoms with Crippen LogP contribution in [0.3, 0.4) is 0 Å². The van der Waals surface area contributed by atoms with Gasteiger partial charge >= 0.3 is 0 Å². The fourth-order valence-electron chi connectivity index (χ4n) is 4.43. The molecule has 1 aromatic heterocycles. The van der Waals surface area contributed by atoms with E-state index in [-0.39, 0.29) is 5.75 Å². The van der Waals surface area contributed by atoms with Crippen molar-refractivity contribution in [2.45, 2.75) is 57.9 Å². The molecule has 134 valence electrons. The SMILES string of the molecule is Cc1cc(C#N)cc(O)c1-c1cc2c(nn1)N(C1CCCCC1)CCC2. The van der Waals surface area contributed by atoms with E-state index in [1.165, 1.54) is 43.7 Å². The van der Waals surface area contributed by atoms with E-state index in [0.717, 1.165) is 30.8 Å². The lowest BCUT2D eigenvalue weighted by atomic mass is 9.92. The van der Waals surface area contributed by atoms with Crippen LogP contribution in [0.1, 0.15) is 55.2 Å². The number of aromatic nitrogens is 2. The first-order chi connectivity index (χ1) is 12.7. The lowest BCUT2D eigenvalue weighted by Gasteiger charge is -2.38. The molecular weight excluding hydrogens is 324 g/mol. The number of fused-ring (bicyclic) bond motifs is 1. The van der Waals surface area contributed by atoms with E-state index in [4.69, 9.17) is 5.26 Å². The van der Waals surface area contributed by atoms with E-state index >= 15 is 0 Å². The predicted molar refractivity (Wildman–Crippen MR) is 101 cm³/mol. The summed E-state index contributed by atoms with van der Waals surface area (Å²) in [6.45, 7) is 2.96. The minimum absolute atomic E-state index is 0.0933. The van der Waals surface area contributed by atoms with Gasteiger partial charge in [-0.25, -0.2) is 0 Å². The van der Waals surface area contributed by atoms with Crippen LogP contribution in [0.15, 0.2) is 18.2 Å². The molecule has 0 amide bonds. The molecule has 1 saturated carbocycles. The van der Waals surface area contributed by atoms with Crippen molar-refractivity contribution >= 4 is 5.82 Å². The maximum Gasteiger partial charge on any atom is 0.154 e. The van der Waals surface area contributed by atoms with Crippen LogP contribution in [-0.2, 0) is 6.42 Å². The Hall–Kier alpha value is -2.61. The van der Waals surface area contributed by atoms with Crippen LogP contribution in [0.5, 0.6) is 5.75 Å². The molecule has 0 saturated heterocycles. The fraction of sp³-hybridized carbons (Fsp3) is 0.476. The van der Waals surface area contributed by atoms with E-state index in [0.29, 0.717) is 22.9 Å². The molecule has 0 atom stereocenters. The Morgan fingerprint density at radius 2 is 1.92 bits per heavy atom. The van der Waals surface area contributed by atoms with Gasteiger partial charge in [0, 0.05) is 18.2 Å². The number of aromatic hydroxyl groups is 1. The summed E-state index contributed by atoms with van der Waals surface area (Å²) in [5.41, 5.74) is 3.88. The average Bonchev–Trinajstić information content (AvgIpc) is 2.67. The zero-order valence-corrected chi connectivity index (χ0v) is 15.2. The van der Waals surface area contributed by atoms with Gasteiger partial charge in [0.1, 0.15) is 5.75 Å². The second-order valence-corrected chi connectivity index (χ2v) is 7.47. The van der Waals surface area contributed by atoms with Crippen molar-refractivity contribution in [1.29, 1.82) is 5.26 Å². The first kappa shape index (κ1) is 16.8. The molecule has 5 heteroatoms. The maximum absolute atomic E-state index is 10.4. The van der Waals surface area contributed by atoms with Gasteiger partial charge in [0.05, 0.1) is 17.3 Å². The molecule has 5 nitrogen and oxygen atoms in total. The van der Waals surface area contributed by atoms with Gasteiger partial charge in [0.2, 0.25) is 0 Å². The van der Waals surface area contributed by atoms with Crippen LogP contribution in [0.4, 0.5) is 5.82 Å². The molecule has 1 N–H and O–H groups in total. The molecule has 1 aliphatic carbocycles. The van der Waals surface area contributed by atoms with Gasteiger partial charge < -0.3 is 10.0 Å². The van der Waals surface area contributed by atoms with Crippen LogP contribution in [-0.4, -0.2) is 27.9 Å². The molecule has 0 bridgehead atoms. The molecule has 1 fully saturated rings. The highest BCUT2D eigenvalue weighted by Crippen LogP contribution is 2.36. The average molecular weight is 348 g/mol. The Bertz CT molecular complexity index is 842. The predicted octanol–water partition coefficient (Wildman–Crippen LogP) is 4.11. The van der Waals surface area contributed by atoms with Crippen LogP contribution in [0.25, 0.3) is 11.3 Å². The number of aryl methyl sites for hydroxylation is 2. The monoisotopic (exact) mass is 348 g/mol. The number of hydrogen-bond donors (Lipinski definition) is 1. The van der Waals surface area contributed by atoms with Gasteiger partial charge in [0.25, 0.3) is 0 Å². The standard InChI is InChI=1S/C21H24N4O/c1-14-10-15(13-22)11-19(26)20(14)18-12-16-6-5-9-25(21(16)24-23-18)17-7-3-2-4-8-17/h10-12,17,26H,2-9H2,1H3. The van der Waals surface area contributed by atoms with Crippen LogP contribution < -0.4 is 4.90 Å². The normalized spacial score (nSPS) is 17.6. The highest BCUT2D eigenvalue weighted by molar-refractivity contribution is 5.73. The van der Waals surface area contributed by atoms with Crippen LogP contribution in [0, 0.1) is 18.3 Å². The number of benzene rings is 1. The Kier molecular flexibility index (Phi) is 4.50. The summed E-state index contributed by atoms with van der Waals surface area (Å²) in [5.74, 6) is 1.12. The fourth-order valence-corrected chi connectivity index (χ4v) is 4.43. The quantitative estimate of drug-likeness (QED) is 0.884. The van der Waals surface area contributed by atoms with Crippen LogP contribution in [0.2, 0.25) is 0 Å². The second kappa shape index (κ2) is 6.95. The van der Waals surface area contributed by atoms with Crippen molar-refractivity contribution in [3.63, 3.8) is 0 Å². The minimum atomic E-state index is 0.0933. The summed E-state index contributed by atoms with van der Waals surface area (Å²) in [7, 11) is 0. The molecule has 2 aromatic rings. The first-order valence-corrected chi connectivity index (χ1v) is 9.54. The van der Waals surface area contributed by atoms with Crippen molar-refractivity contribution < 1.29 is 5.11 Å². The zero-order chi connectivity index (χ0) is 18.1. The van der Waals surface area contributed by atoms with E-state index < -0.39 is 0 Å². The molecule has 1 aromatic carbocycles. The summed E-state index contributed by atoms with van der Waals surface area (Å²) in [5, 5.41) is 28.5. The van der Waals surface area contributed by atoms with E-state index in [2.05, 4.69) is 27.2 Å². The molecule has 4 rings (SSSR count). The maximum atomic E-state index is 10.4. The van der Waals surface area contributed by atoms with Gasteiger partial charge in [-0.15, -0.1) is 10.2 Å². The molecule has 0 unspecified atom stereocenters. The van der Waals surface area contributed by atoms with Gasteiger partial charge in [-0.1, -0.05) is 19.3 Å². The highest BCUT2D eigenvalue weighted by atomic mass is 16.3. The molecular formula is C21H24N4O. The Balaban J connectivity index is 1.71. The molecule has 26 heavy (non-hydrogen) atoms. The van der Waals surface area contributed by atoms with E-state index in [9.17, 15) is 5.11 Å². The number of nitriles is 1. The lowest BCUT2D eigenvalue weighted by molar-refractivity contribution is 0.404. The molecule has 2 aliphatic rings. The number of phenolic OH excluding ortho intramolecular Hbond substituents is 1. The lowest BCUT2D eigenvalue weighted by Crippen LogP contribution is -2.41. The topological polar surface area (TPSA) is 73.0 Å². The Labute approximate surface area is 154 Å². The Morgan fingerprint density at radius 1 is 1.12 bits per heavy atom. The smallest absolute Gasteiger partial charge is 0.154 e. The molecule has 2 heterocycles. The number of anilines is 1. The molecule has 1 aliphatic heterocycles. The van der Waals surface area contributed by atoms with E-state index in [1.54, 1.807) is 6.07 Å². The summed E-state index contributed by atoms with van der Waals surface area (Å²) in [4.78, 5) is 2.46. The largest absolute Gasteiger partial charge is 0.507 e. The number of phenols is 1. The van der Waals surface area contributed by atoms with Gasteiger partial charge in [-0.3, -0.25) is 0 Å². The van der Waals surface area contributed by atoms with Crippen LogP contribution >= 0.6 is 0 Å². The summed E-state index contributed by atoms with van der Waals surface area (Å²) in [6, 6.07) is 8.02. The number of nitrogens with zero attached hydrogens (tertiary/aromatic N) is 4. The van der Waals surface area contributed by atoms with Crippen molar-refractivity contribution in [2.75, 3.05) is 11.4 Å². The number of rotatable bonds is 2. The van der Waals surface area contributed by atoms with Gasteiger partial charge in [-0.05, 0) is 61.9 Å². The summed E-state index contributed by atoms with van der Waals surface area (Å²) >= 11 is 0. The van der Waals surface area contributed by atoms with Crippen molar-refractivity contribution in [3.05, 3.63) is 34.9 Å². The van der Waals surface area contributed by atoms with Crippen molar-refractivity contribution in [2.24, 2.45) is 0 Å². The third-order valence-corrected chi connectivity index (χ3v) is 5.68. The minimum Gasteiger partial charge on any atom is -0.507 e. The van der Waals surface area contributed by atoms with Crippen molar-refractivity contribution in [1.82, 2.24) is 10.2 Å². The summed E-state index contributed by atoms with van der Waals surface area (Å²) in [6.07, 6.45) is 8.58. The van der Waals surface area contributed by atoms with Gasteiger partial charge in [-0.2, -0.15) is 5.26 Å². The second-order valence-electron chi connectivity index (χ2n) is 7.47. The van der Waals surface area contributed by atoms with Gasteiger partial charge in [0.15, 0.2) is 5.82 Å². The third-order valence-electron chi connectivity index (χ3n) is 5.68. The van der Waals surface area contributed by atoms with E-state index in [1.807, 2.05) is 6.92 Å². The highest BCUT2D eigenvalue weighted by Gasteiger charge is 2.28.